The molecule has 3 aromatic rings. The Bertz CT molecular complexity index is 1130. The quantitative estimate of drug-likeness (QED) is 0.324. The third-order valence-corrected chi connectivity index (χ3v) is 6.10. The van der Waals surface area contributed by atoms with Gasteiger partial charge < -0.3 is 25.2 Å². The lowest BCUT2D eigenvalue weighted by molar-refractivity contribution is 0.234. The molecule has 4 rings (SSSR count). The van der Waals surface area contributed by atoms with Crippen molar-refractivity contribution in [3.63, 3.8) is 0 Å². The van der Waals surface area contributed by atoms with Crippen LogP contribution in [-0.4, -0.2) is 30.9 Å². The van der Waals surface area contributed by atoms with Gasteiger partial charge in [-0.25, -0.2) is 4.39 Å². The summed E-state index contributed by atoms with van der Waals surface area (Å²) in [5, 5.41) is 9.19. The van der Waals surface area contributed by atoms with Gasteiger partial charge in [0.05, 0.1) is 7.11 Å². The number of aryl methyl sites for hydroxylation is 2. The molecule has 0 aliphatic heterocycles. The summed E-state index contributed by atoms with van der Waals surface area (Å²) in [5.41, 5.74) is 10.0. The predicted octanol–water partition coefficient (Wildman–Crippen LogP) is 7.27. The van der Waals surface area contributed by atoms with Crippen LogP contribution >= 0.6 is 0 Å². The Morgan fingerprint density at radius 3 is 2.32 bits per heavy atom. The van der Waals surface area contributed by atoms with Crippen LogP contribution in [0.15, 0.2) is 60.7 Å². The Hall–Kier alpha value is -3.25. The van der Waals surface area contributed by atoms with Gasteiger partial charge in [-0.05, 0) is 99.5 Å². The largest absolute Gasteiger partial charge is 0.508 e. The summed E-state index contributed by atoms with van der Waals surface area (Å²) in [6.07, 6.45) is 4.91. The van der Waals surface area contributed by atoms with E-state index in [0.717, 1.165) is 30.0 Å². The number of anilines is 1. The number of methoxy groups -OCH3 is 1. The third kappa shape index (κ3) is 9.90. The van der Waals surface area contributed by atoms with E-state index in [2.05, 4.69) is 11.8 Å². The van der Waals surface area contributed by atoms with Crippen LogP contribution in [0, 0.1) is 5.82 Å². The molecule has 208 valence electrons. The summed E-state index contributed by atoms with van der Waals surface area (Å²) in [6.45, 7) is 11.4. The highest BCUT2D eigenvalue weighted by molar-refractivity contribution is 5.51. The van der Waals surface area contributed by atoms with Crippen LogP contribution in [0.25, 0.3) is 0 Å². The fraction of sp³-hybridized carbons (Fsp3) is 0.438. The zero-order valence-electron chi connectivity index (χ0n) is 23.9. The molecule has 0 radical (unpaired) electrons. The summed E-state index contributed by atoms with van der Waals surface area (Å²) in [4.78, 5) is 2.15. The van der Waals surface area contributed by atoms with Gasteiger partial charge in [0, 0.05) is 30.4 Å². The monoisotopic (exact) mass is 524 g/mol. The molecule has 0 bridgehead atoms. The molecule has 0 saturated carbocycles. The number of rotatable bonds is 8. The minimum Gasteiger partial charge on any atom is -0.508 e. The van der Waals surface area contributed by atoms with E-state index in [1.807, 2.05) is 70.2 Å². The minimum atomic E-state index is -0.503. The van der Waals surface area contributed by atoms with Crippen LogP contribution in [0.1, 0.15) is 64.2 Å². The molecule has 5 nitrogen and oxygen atoms in total. The van der Waals surface area contributed by atoms with E-state index in [-0.39, 0.29) is 18.2 Å². The van der Waals surface area contributed by atoms with E-state index < -0.39 is 5.54 Å². The molecule has 0 aromatic heterocycles. The highest BCUT2D eigenvalue weighted by Crippen LogP contribution is 2.26. The number of halogens is 1. The molecule has 0 fully saturated rings. The average Bonchev–Trinajstić information content (AvgIpc) is 2.92. The first kappa shape index (κ1) is 31.0. The number of aromatic hydroxyl groups is 1. The number of hydrogen-bond acceptors (Lipinski definition) is 5. The zero-order valence-corrected chi connectivity index (χ0v) is 23.9. The number of phenols is 1. The van der Waals surface area contributed by atoms with Crippen LogP contribution in [0.5, 0.6) is 17.2 Å². The third-order valence-electron chi connectivity index (χ3n) is 6.10. The second-order valence-corrected chi connectivity index (χ2v) is 9.92. The molecule has 6 heteroatoms. The molecule has 0 unspecified atom stereocenters. The van der Waals surface area contributed by atoms with Crippen LogP contribution in [0.2, 0.25) is 0 Å². The maximum atomic E-state index is 14.3. The van der Waals surface area contributed by atoms with Crippen LogP contribution in [0.4, 0.5) is 10.1 Å². The lowest BCUT2D eigenvalue weighted by atomic mass is 9.92. The summed E-state index contributed by atoms with van der Waals surface area (Å²) >= 11 is 0. The van der Waals surface area contributed by atoms with Crippen LogP contribution in [0.3, 0.4) is 0 Å². The van der Waals surface area contributed by atoms with E-state index in [0.29, 0.717) is 12.3 Å². The molecular formula is C32H45FN2O3. The summed E-state index contributed by atoms with van der Waals surface area (Å²) in [5.74, 6) is 1.07. The van der Waals surface area contributed by atoms with Gasteiger partial charge in [0.1, 0.15) is 18.1 Å². The van der Waals surface area contributed by atoms with Crippen molar-refractivity contribution in [3.8, 4) is 17.2 Å². The molecule has 1 aliphatic rings. The number of nitrogens with two attached hydrogens (primary N) is 1. The van der Waals surface area contributed by atoms with Gasteiger partial charge in [-0.3, -0.25) is 0 Å². The second-order valence-electron chi connectivity index (χ2n) is 9.92. The average molecular weight is 525 g/mol. The van der Waals surface area contributed by atoms with Gasteiger partial charge in [-0.15, -0.1) is 0 Å². The molecule has 38 heavy (non-hydrogen) atoms. The van der Waals surface area contributed by atoms with Crippen molar-refractivity contribution in [1.82, 2.24) is 0 Å². The molecule has 3 aromatic carbocycles. The molecule has 1 aliphatic carbocycles. The van der Waals surface area contributed by atoms with Crippen molar-refractivity contribution < 1.29 is 19.0 Å². The van der Waals surface area contributed by atoms with Gasteiger partial charge >= 0.3 is 0 Å². The van der Waals surface area contributed by atoms with Crippen molar-refractivity contribution >= 4 is 5.69 Å². The summed E-state index contributed by atoms with van der Waals surface area (Å²) < 4.78 is 25.0. The van der Waals surface area contributed by atoms with E-state index in [1.54, 1.807) is 19.2 Å². The second kappa shape index (κ2) is 15.2. The maximum absolute atomic E-state index is 14.3. The SMILES string of the molecule is CC.CCN(Cc1ccc(OCC(C)(C)N)c(F)c1)c1cccc(OC)c1.Oc1ccc2c(c1)CCCC2. The Kier molecular flexibility index (Phi) is 12.4. The fourth-order valence-corrected chi connectivity index (χ4v) is 4.16. The topological polar surface area (TPSA) is 68.0 Å². The molecular weight excluding hydrogens is 479 g/mol. The zero-order chi connectivity index (χ0) is 28.1. The van der Waals surface area contributed by atoms with Gasteiger partial charge in [-0.2, -0.15) is 0 Å². The van der Waals surface area contributed by atoms with Gasteiger partial charge in [0.15, 0.2) is 11.6 Å². The first-order chi connectivity index (χ1) is 18.2. The van der Waals surface area contributed by atoms with E-state index in [1.165, 1.54) is 36.5 Å². The number of hydrogen-bond donors (Lipinski definition) is 2. The van der Waals surface area contributed by atoms with Crippen molar-refractivity contribution in [3.05, 3.63) is 83.2 Å². The molecule has 0 heterocycles. The van der Waals surface area contributed by atoms with E-state index >= 15 is 0 Å². The minimum absolute atomic E-state index is 0.228. The molecule has 0 spiro atoms. The lowest BCUT2D eigenvalue weighted by Crippen LogP contribution is -2.38. The number of fused-ring (bicyclic) bond motifs is 1. The smallest absolute Gasteiger partial charge is 0.165 e. The number of phenolic OH excluding ortho intramolecular Hbond substituents is 1. The predicted molar refractivity (Wildman–Crippen MR) is 156 cm³/mol. The molecule has 0 amide bonds. The Labute approximate surface area is 228 Å². The van der Waals surface area contributed by atoms with E-state index in [4.69, 9.17) is 15.2 Å². The van der Waals surface area contributed by atoms with Crippen molar-refractivity contribution in [2.75, 3.05) is 25.2 Å². The number of nitrogens with zero attached hydrogens (tertiary/aromatic N) is 1. The Morgan fingerprint density at radius 1 is 0.974 bits per heavy atom. The standard InChI is InChI=1S/C20H27FN2O2.C10H12O.C2H6/c1-5-23(16-7-6-8-17(12-16)24-4)13-15-9-10-19(18(21)11-15)25-14-20(2,3)22;11-10-6-5-8-3-1-2-4-9(8)7-10;1-2/h6-12H,5,13-14,22H2,1-4H3;5-7,11H,1-4H2;1-2H3. The molecule has 0 atom stereocenters. The van der Waals surface area contributed by atoms with Crippen LogP contribution < -0.4 is 20.1 Å². The first-order valence-electron chi connectivity index (χ1n) is 13.6. The maximum Gasteiger partial charge on any atom is 0.165 e. The van der Waals surface area contributed by atoms with Crippen LogP contribution in [-0.2, 0) is 19.4 Å². The normalized spacial score (nSPS) is 12.2. The molecule has 3 N–H and O–H groups in total. The Balaban J connectivity index is 0.000000321. The van der Waals surface area contributed by atoms with Crippen molar-refractivity contribution in [2.24, 2.45) is 5.73 Å². The van der Waals surface area contributed by atoms with Gasteiger partial charge in [-0.1, -0.05) is 32.0 Å². The lowest BCUT2D eigenvalue weighted by Gasteiger charge is -2.24. The van der Waals surface area contributed by atoms with Gasteiger partial charge in [0.2, 0.25) is 0 Å². The first-order valence-corrected chi connectivity index (χ1v) is 13.6. The summed E-state index contributed by atoms with van der Waals surface area (Å²) in [6, 6.07) is 18.6. The van der Waals surface area contributed by atoms with Gasteiger partial charge in [0.25, 0.3) is 0 Å². The van der Waals surface area contributed by atoms with E-state index in [9.17, 15) is 9.50 Å². The Morgan fingerprint density at radius 2 is 1.68 bits per heavy atom. The molecule has 0 saturated heterocycles. The highest BCUT2D eigenvalue weighted by Gasteiger charge is 2.14. The van der Waals surface area contributed by atoms with Crippen molar-refractivity contribution in [2.45, 2.75) is 72.4 Å². The highest BCUT2D eigenvalue weighted by atomic mass is 19.1. The number of ether oxygens (including phenoxy) is 2. The number of benzene rings is 3. The summed E-state index contributed by atoms with van der Waals surface area (Å²) in [7, 11) is 1.64. The fourth-order valence-electron chi connectivity index (χ4n) is 4.16. The van der Waals surface area contributed by atoms with Crippen molar-refractivity contribution in [1.29, 1.82) is 0 Å².